The number of fused-ring (bicyclic) bond motifs is 1. The molecule has 0 saturated carbocycles. The Morgan fingerprint density at radius 2 is 2.03 bits per heavy atom. The van der Waals surface area contributed by atoms with E-state index in [0.29, 0.717) is 34.4 Å². The van der Waals surface area contributed by atoms with Crippen molar-refractivity contribution in [2.45, 2.75) is 24.2 Å². The summed E-state index contributed by atoms with van der Waals surface area (Å²) in [7, 11) is -0.149. The molecule has 7 nitrogen and oxygen atoms in total. The molecule has 5 rings (SSSR count). The molecular formula is C20H21F3N7PS. The molecule has 1 N–H and O–H groups in total. The zero-order valence-electron chi connectivity index (χ0n) is 17.4. The predicted molar refractivity (Wildman–Crippen MR) is 120 cm³/mol. The van der Waals surface area contributed by atoms with Gasteiger partial charge in [-0.25, -0.2) is 15.0 Å². The number of anilines is 1. The molecule has 0 aromatic carbocycles. The van der Waals surface area contributed by atoms with Gasteiger partial charge >= 0.3 is 6.18 Å². The Labute approximate surface area is 187 Å². The normalized spacial score (nSPS) is 19.9. The zero-order valence-corrected chi connectivity index (χ0v) is 19.1. The van der Waals surface area contributed by atoms with Gasteiger partial charge in [-0.05, 0) is 37.0 Å². The van der Waals surface area contributed by atoms with Crippen molar-refractivity contribution in [3.8, 4) is 11.5 Å². The molecule has 1 saturated heterocycles. The van der Waals surface area contributed by atoms with Crippen molar-refractivity contribution in [3.05, 3.63) is 47.5 Å². The maximum Gasteiger partial charge on any atom is 0.427 e. The molecule has 0 amide bonds. The van der Waals surface area contributed by atoms with Gasteiger partial charge in [-0.15, -0.1) is 7.92 Å². The van der Waals surface area contributed by atoms with Gasteiger partial charge in [0.1, 0.15) is 16.4 Å². The predicted octanol–water partition coefficient (Wildman–Crippen LogP) is 4.70. The van der Waals surface area contributed by atoms with Gasteiger partial charge in [0, 0.05) is 37.6 Å². The van der Waals surface area contributed by atoms with E-state index in [1.807, 2.05) is 18.5 Å². The molecule has 12 heteroatoms. The van der Waals surface area contributed by atoms with E-state index < -0.39 is 11.1 Å². The topological polar surface area (TPSA) is 75.0 Å². The SMILES string of the molecule is CP(C)C1CC(c2cn[nH]c2)CN(c2ccnc(-c3cnc4sc(C(F)(F)F)cn34)n2)C1. The van der Waals surface area contributed by atoms with Crippen LogP contribution in [0.2, 0.25) is 0 Å². The monoisotopic (exact) mass is 479 g/mol. The first-order valence-corrected chi connectivity index (χ1v) is 13.2. The Kier molecular flexibility index (Phi) is 5.41. The highest BCUT2D eigenvalue weighted by molar-refractivity contribution is 7.56. The third kappa shape index (κ3) is 3.99. The number of aromatic amines is 1. The van der Waals surface area contributed by atoms with E-state index in [9.17, 15) is 13.2 Å². The van der Waals surface area contributed by atoms with Crippen molar-refractivity contribution in [1.29, 1.82) is 0 Å². The van der Waals surface area contributed by atoms with Crippen molar-refractivity contribution in [2.24, 2.45) is 0 Å². The summed E-state index contributed by atoms with van der Waals surface area (Å²) >= 11 is 0.608. The van der Waals surface area contributed by atoms with Crippen LogP contribution in [-0.2, 0) is 6.18 Å². The van der Waals surface area contributed by atoms with Crippen LogP contribution in [0.3, 0.4) is 0 Å². The Bertz CT molecular complexity index is 1220. The zero-order chi connectivity index (χ0) is 22.5. The summed E-state index contributed by atoms with van der Waals surface area (Å²) in [4.78, 5) is 15.0. The molecule has 1 aliphatic rings. The van der Waals surface area contributed by atoms with Crippen molar-refractivity contribution >= 4 is 30.0 Å². The van der Waals surface area contributed by atoms with Crippen LogP contribution in [0.25, 0.3) is 16.5 Å². The molecule has 32 heavy (non-hydrogen) atoms. The van der Waals surface area contributed by atoms with Crippen LogP contribution in [0.5, 0.6) is 0 Å². The lowest BCUT2D eigenvalue weighted by atomic mass is 9.92. The van der Waals surface area contributed by atoms with Gasteiger partial charge in [-0.1, -0.05) is 11.3 Å². The lowest BCUT2D eigenvalue weighted by Crippen LogP contribution is -2.42. The summed E-state index contributed by atoms with van der Waals surface area (Å²) in [5.74, 6) is 1.47. The maximum atomic E-state index is 13.1. The second-order valence-corrected chi connectivity index (χ2v) is 11.8. The number of nitrogens with one attached hydrogen (secondary N) is 1. The molecule has 4 aromatic rings. The van der Waals surface area contributed by atoms with Crippen LogP contribution < -0.4 is 4.90 Å². The summed E-state index contributed by atoms with van der Waals surface area (Å²) in [5.41, 5.74) is 2.17. The standard InChI is InChI=1S/C20H21F3N7PS/c1-31(2)14-5-12(13-6-26-27-7-13)9-29(10-14)17-3-4-24-18(28-17)15-8-25-19-30(15)11-16(32-19)20(21,22)23/h3-4,6-8,11-12,14H,5,9-10H2,1-2H3,(H,26,27). The fourth-order valence-corrected chi connectivity index (χ4v) is 6.12. The fourth-order valence-electron chi connectivity index (χ4n) is 4.09. The second kappa shape index (κ2) is 8.12. The van der Waals surface area contributed by atoms with E-state index in [2.05, 4.69) is 38.4 Å². The number of alkyl halides is 3. The molecule has 1 aliphatic heterocycles. The van der Waals surface area contributed by atoms with E-state index in [4.69, 9.17) is 4.98 Å². The van der Waals surface area contributed by atoms with E-state index in [1.54, 1.807) is 6.20 Å². The number of H-pyrrole nitrogens is 1. The van der Waals surface area contributed by atoms with Crippen LogP contribution in [-0.4, -0.2) is 61.6 Å². The summed E-state index contributed by atoms with van der Waals surface area (Å²) < 4.78 is 40.8. The van der Waals surface area contributed by atoms with Gasteiger partial charge in [-0.3, -0.25) is 9.50 Å². The molecule has 1 fully saturated rings. The highest BCUT2D eigenvalue weighted by Gasteiger charge is 2.34. The van der Waals surface area contributed by atoms with Gasteiger partial charge in [0.05, 0.1) is 12.4 Å². The highest BCUT2D eigenvalue weighted by Crippen LogP contribution is 2.43. The second-order valence-electron chi connectivity index (χ2n) is 8.11. The lowest BCUT2D eigenvalue weighted by molar-refractivity contribution is -0.134. The van der Waals surface area contributed by atoms with Crippen LogP contribution in [0, 0.1) is 0 Å². The molecule has 168 valence electrons. The van der Waals surface area contributed by atoms with Crippen molar-refractivity contribution in [1.82, 2.24) is 29.5 Å². The summed E-state index contributed by atoms with van der Waals surface area (Å²) in [5, 5.41) is 7.01. The van der Waals surface area contributed by atoms with Gasteiger partial charge in [0.25, 0.3) is 0 Å². The van der Waals surface area contributed by atoms with Crippen molar-refractivity contribution in [3.63, 3.8) is 0 Å². The number of hydrogen-bond acceptors (Lipinski definition) is 6. The summed E-state index contributed by atoms with van der Waals surface area (Å²) in [6, 6.07) is 1.86. The van der Waals surface area contributed by atoms with Crippen molar-refractivity contribution in [2.75, 3.05) is 31.3 Å². The number of aromatic nitrogens is 6. The summed E-state index contributed by atoms with van der Waals surface area (Å²) in [6.07, 6.45) is 4.76. The molecule has 0 bridgehead atoms. The fraction of sp³-hybridized carbons (Fsp3) is 0.400. The highest BCUT2D eigenvalue weighted by atomic mass is 32.1. The quantitative estimate of drug-likeness (QED) is 0.430. The van der Waals surface area contributed by atoms with Crippen LogP contribution in [0.1, 0.15) is 22.8 Å². The lowest BCUT2D eigenvalue weighted by Gasteiger charge is -2.40. The van der Waals surface area contributed by atoms with E-state index in [1.165, 1.54) is 16.2 Å². The Morgan fingerprint density at radius 1 is 1.19 bits per heavy atom. The van der Waals surface area contributed by atoms with E-state index in [-0.39, 0.29) is 12.9 Å². The molecule has 4 aromatic heterocycles. The minimum Gasteiger partial charge on any atom is -0.355 e. The van der Waals surface area contributed by atoms with Gasteiger partial charge in [0.15, 0.2) is 10.8 Å². The van der Waals surface area contributed by atoms with E-state index >= 15 is 0 Å². The third-order valence-electron chi connectivity index (χ3n) is 5.83. The number of imidazole rings is 1. The van der Waals surface area contributed by atoms with Gasteiger partial charge in [0.2, 0.25) is 0 Å². The largest absolute Gasteiger partial charge is 0.427 e. The average molecular weight is 479 g/mol. The Morgan fingerprint density at radius 3 is 2.75 bits per heavy atom. The average Bonchev–Trinajstić information content (AvgIpc) is 3.50. The first kappa shape index (κ1) is 21.3. The molecule has 0 radical (unpaired) electrons. The molecule has 2 unspecified atom stereocenters. The number of nitrogens with zero attached hydrogens (tertiary/aromatic N) is 6. The number of piperidine rings is 1. The summed E-state index contributed by atoms with van der Waals surface area (Å²) in [6.45, 7) is 6.27. The Balaban J connectivity index is 1.48. The van der Waals surface area contributed by atoms with E-state index in [0.717, 1.165) is 31.5 Å². The Hall–Kier alpha value is -2.52. The first-order valence-electron chi connectivity index (χ1n) is 10.1. The number of thiazole rings is 1. The van der Waals surface area contributed by atoms with Crippen LogP contribution in [0.4, 0.5) is 19.0 Å². The third-order valence-corrected chi connectivity index (χ3v) is 8.71. The number of halogens is 3. The van der Waals surface area contributed by atoms with Crippen LogP contribution >= 0.6 is 19.3 Å². The van der Waals surface area contributed by atoms with Gasteiger partial charge < -0.3 is 4.90 Å². The molecule has 0 spiro atoms. The first-order chi connectivity index (χ1) is 15.3. The minimum absolute atomic E-state index is 0.149. The molecule has 2 atom stereocenters. The number of rotatable bonds is 4. The van der Waals surface area contributed by atoms with Gasteiger partial charge in [-0.2, -0.15) is 18.3 Å². The maximum absolute atomic E-state index is 13.1. The molecular weight excluding hydrogens is 458 g/mol. The van der Waals surface area contributed by atoms with Crippen LogP contribution in [0.15, 0.2) is 37.1 Å². The minimum atomic E-state index is -4.41. The number of hydrogen-bond donors (Lipinski definition) is 1. The molecule has 0 aliphatic carbocycles. The van der Waals surface area contributed by atoms with Crippen molar-refractivity contribution < 1.29 is 13.2 Å². The smallest absolute Gasteiger partial charge is 0.355 e. The molecule has 5 heterocycles.